The van der Waals surface area contributed by atoms with E-state index >= 15 is 0 Å². The third kappa shape index (κ3) is 2.89. The van der Waals surface area contributed by atoms with E-state index in [-0.39, 0.29) is 18.6 Å². The fraction of sp³-hybridized carbons (Fsp3) is 0.533. The number of benzene rings is 1. The molecular formula is C15H22N2O2. The Hall–Kier alpha value is -1.55. The summed E-state index contributed by atoms with van der Waals surface area (Å²) in [5.41, 5.74) is 3.49. The number of nitrogens with one attached hydrogen (secondary N) is 1. The molecule has 1 unspecified atom stereocenters. The molecule has 19 heavy (non-hydrogen) atoms. The highest BCUT2D eigenvalue weighted by molar-refractivity contribution is 5.86. The van der Waals surface area contributed by atoms with Crippen LogP contribution < -0.4 is 10.2 Å². The zero-order chi connectivity index (χ0) is 13.8. The smallest absolute Gasteiger partial charge is 0.242 e. The van der Waals surface area contributed by atoms with Gasteiger partial charge in [0.15, 0.2) is 0 Å². The molecule has 2 N–H and O–H groups in total. The van der Waals surface area contributed by atoms with Crippen molar-refractivity contribution in [2.75, 3.05) is 24.6 Å². The van der Waals surface area contributed by atoms with Crippen LogP contribution in [-0.2, 0) is 4.79 Å². The molecular weight excluding hydrogens is 240 g/mol. The highest BCUT2D eigenvalue weighted by Crippen LogP contribution is 2.28. The average molecular weight is 262 g/mol. The van der Waals surface area contributed by atoms with Gasteiger partial charge in [0.05, 0.1) is 0 Å². The SMILES string of the molecule is Cc1cccc(C)c1N1CCCNC(=O)C1CCO. The molecule has 1 atom stereocenters. The second-order valence-corrected chi connectivity index (χ2v) is 5.11. The van der Waals surface area contributed by atoms with E-state index < -0.39 is 0 Å². The topological polar surface area (TPSA) is 52.6 Å². The van der Waals surface area contributed by atoms with Crippen LogP contribution in [0, 0.1) is 13.8 Å². The first-order chi connectivity index (χ1) is 9.15. The number of para-hydroxylation sites is 1. The van der Waals surface area contributed by atoms with Crippen molar-refractivity contribution in [3.63, 3.8) is 0 Å². The van der Waals surface area contributed by atoms with Gasteiger partial charge in [0.1, 0.15) is 6.04 Å². The number of aliphatic hydroxyl groups excluding tert-OH is 1. The van der Waals surface area contributed by atoms with E-state index in [0.29, 0.717) is 13.0 Å². The molecule has 1 amide bonds. The number of carbonyl (C=O) groups excluding carboxylic acids is 1. The Bertz CT molecular complexity index is 439. The number of anilines is 1. The molecule has 4 nitrogen and oxygen atoms in total. The molecule has 1 fully saturated rings. The van der Waals surface area contributed by atoms with Crippen molar-refractivity contribution >= 4 is 11.6 Å². The Labute approximate surface area is 114 Å². The molecule has 2 rings (SSSR count). The molecule has 1 aromatic rings. The van der Waals surface area contributed by atoms with Crippen LogP contribution in [0.25, 0.3) is 0 Å². The number of nitrogens with zero attached hydrogens (tertiary/aromatic N) is 1. The van der Waals surface area contributed by atoms with E-state index in [4.69, 9.17) is 0 Å². The molecule has 4 heteroatoms. The first kappa shape index (κ1) is 13.9. The van der Waals surface area contributed by atoms with Gasteiger partial charge in [-0.25, -0.2) is 0 Å². The summed E-state index contributed by atoms with van der Waals surface area (Å²) in [6.07, 6.45) is 1.40. The Morgan fingerprint density at radius 3 is 2.68 bits per heavy atom. The van der Waals surface area contributed by atoms with Crippen LogP contribution in [0.1, 0.15) is 24.0 Å². The molecule has 1 aliphatic rings. The summed E-state index contributed by atoms with van der Waals surface area (Å²) >= 11 is 0. The number of aliphatic hydroxyl groups is 1. The largest absolute Gasteiger partial charge is 0.396 e. The van der Waals surface area contributed by atoms with Gasteiger partial charge in [-0.05, 0) is 37.8 Å². The van der Waals surface area contributed by atoms with E-state index in [2.05, 4.69) is 36.2 Å². The van der Waals surface area contributed by atoms with Crippen LogP contribution in [0.15, 0.2) is 18.2 Å². The van der Waals surface area contributed by atoms with E-state index in [9.17, 15) is 9.90 Å². The molecule has 1 aliphatic heterocycles. The molecule has 0 aliphatic carbocycles. The van der Waals surface area contributed by atoms with Crippen LogP contribution in [0.2, 0.25) is 0 Å². The highest BCUT2D eigenvalue weighted by Gasteiger charge is 2.29. The first-order valence-electron chi connectivity index (χ1n) is 6.86. The predicted molar refractivity (Wildman–Crippen MR) is 76.4 cm³/mol. The van der Waals surface area contributed by atoms with Crippen LogP contribution in [0.5, 0.6) is 0 Å². The van der Waals surface area contributed by atoms with Gasteiger partial charge < -0.3 is 15.3 Å². The summed E-state index contributed by atoms with van der Waals surface area (Å²) in [4.78, 5) is 14.3. The van der Waals surface area contributed by atoms with Gasteiger partial charge in [0.2, 0.25) is 5.91 Å². The second-order valence-electron chi connectivity index (χ2n) is 5.11. The Kier molecular flexibility index (Phi) is 4.43. The van der Waals surface area contributed by atoms with Gasteiger partial charge in [-0.3, -0.25) is 4.79 Å². The lowest BCUT2D eigenvalue weighted by atomic mass is 10.0. The van der Waals surface area contributed by atoms with Gasteiger partial charge in [0, 0.05) is 25.4 Å². The van der Waals surface area contributed by atoms with Crippen molar-refractivity contribution in [1.82, 2.24) is 5.32 Å². The number of carbonyl (C=O) groups is 1. The lowest BCUT2D eigenvalue weighted by Gasteiger charge is -2.32. The lowest BCUT2D eigenvalue weighted by Crippen LogP contribution is -2.45. The maximum absolute atomic E-state index is 12.1. The third-order valence-electron chi connectivity index (χ3n) is 3.68. The summed E-state index contributed by atoms with van der Waals surface area (Å²) in [6, 6.07) is 5.90. The number of rotatable bonds is 3. The highest BCUT2D eigenvalue weighted by atomic mass is 16.3. The third-order valence-corrected chi connectivity index (χ3v) is 3.68. The maximum Gasteiger partial charge on any atom is 0.242 e. The van der Waals surface area contributed by atoms with E-state index in [1.54, 1.807) is 0 Å². The molecule has 0 spiro atoms. The molecule has 104 valence electrons. The van der Waals surface area contributed by atoms with Crippen LogP contribution in [-0.4, -0.2) is 36.8 Å². The van der Waals surface area contributed by atoms with Gasteiger partial charge in [-0.1, -0.05) is 18.2 Å². The summed E-state index contributed by atoms with van der Waals surface area (Å²) in [5.74, 6) is 0.0224. The quantitative estimate of drug-likeness (QED) is 0.865. The van der Waals surface area contributed by atoms with Crippen LogP contribution >= 0.6 is 0 Å². The molecule has 1 aromatic carbocycles. The van der Waals surface area contributed by atoms with Crippen LogP contribution in [0.3, 0.4) is 0 Å². The number of amides is 1. The first-order valence-corrected chi connectivity index (χ1v) is 6.86. The Balaban J connectivity index is 2.40. The van der Waals surface area contributed by atoms with Gasteiger partial charge in [0.25, 0.3) is 0 Å². The van der Waals surface area contributed by atoms with E-state index in [1.165, 1.54) is 11.1 Å². The second kappa shape index (κ2) is 6.06. The van der Waals surface area contributed by atoms with Crippen molar-refractivity contribution in [3.05, 3.63) is 29.3 Å². The maximum atomic E-state index is 12.1. The van der Waals surface area contributed by atoms with Gasteiger partial charge in [-0.2, -0.15) is 0 Å². The zero-order valence-corrected chi connectivity index (χ0v) is 11.6. The number of aryl methyl sites for hydroxylation is 2. The van der Waals surface area contributed by atoms with Crippen molar-refractivity contribution in [3.8, 4) is 0 Å². The van der Waals surface area contributed by atoms with Crippen molar-refractivity contribution < 1.29 is 9.90 Å². The fourth-order valence-electron chi connectivity index (χ4n) is 2.81. The van der Waals surface area contributed by atoms with Gasteiger partial charge >= 0.3 is 0 Å². The minimum atomic E-state index is -0.271. The zero-order valence-electron chi connectivity index (χ0n) is 11.6. The molecule has 0 saturated carbocycles. The predicted octanol–water partition coefficient (Wildman–Crippen LogP) is 1.38. The molecule has 0 radical (unpaired) electrons. The van der Waals surface area contributed by atoms with Gasteiger partial charge in [-0.15, -0.1) is 0 Å². The summed E-state index contributed by atoms with van der Waals surface area (Å²) in [7, 11) is 0. The lowest BCUT2D eigenvalue weighted by molar-refractivity contribution is -0.122. The van der Waals surface area contributed by atoms with E-state index in [0.717, 1.165) is 18.7 Å². The molecule has 1 heterocycles. The molecule has 1 saturated heterocycles. The summed E-state index contributed by atoms with van der Waals surface area (Å²) in [5, 5.41) is 12.2. The standard InChI is InChI=1S/C15H22N2O2/c1-11-5-3-6-12(2)14(11)17-9-4-8-16-15(19)13(17)7-10-18/h3,5-6,13,18H,4,7-10H2,1-2H3,(H,16,19). The summed E-state index contributed by atoms with van der Waals surface area (Å²) < 4.78 is 0. The monoisotopic (exact) mass is 262 g/mol. The van der Waals surface area contributed by atoms with Crippen LogP contribution in [0.4, 0.5) is 5.69 Å². The molecule has 0 bridgehead atoms. The average Bonchev–Trinajstić information content (AvgIpc) is 2.54. The molecule has 0 aromatic heterocycles. The number of hydrogen-bond donors (Lipinski definition) is 2. The van der Waals surface area contributed by atoms with Crippen molar-refractivity contribution in [2.24, 2.45) is 0 Å². The summed E-state index contributed by atoms with van der Waals surface area (Å²) in [6.45, 7) is 5.72. The number of hydrogen-bond acceptors (Lipinski definition) is 3. The van der Waals surface area contributed by atoms with E-state index in [1.807, 2.05) is 6.07 Å². The Morgan fingerprint density at radius 1 is 1.37 bits per heavy atom. The van der Waals surface area contributed by atoms with Crippen molar-refractivity contribution in [2.45, 2.75) is 32.7 Å². The normalized spacial score (nSPS) is 20.1. The Morgan fingerprint density at radius 2 is 2.05 bits per heavy atom. The minimum absolute atomic E-state index is 0.0224. The fourth-order valence-corrected chi connectivity index (χ4v) is 2.81. The van der Waals surface area contributed by atoms with Crippen molar-refractivity contribution in [1.29, 1.82) is 0 Å². The minimum Gasteiger partial charge on any atom is -0.396 e.